The summed E-state index contributed by atoms with van der Waals surface area (Å²) < 4.78 is 29.0. The number of nitrogens with zero attached hydrogens (tertiary/aromatic N) is 2. The first kappa shape index (κ1) is 20.3. The lowest BCUT2D eigenvalue weighted by Gasteiger charge is -2.07. The molecule has 0 spiro atoms. The molecule has 11 heteroatoms. The van der Waals surface area contributed by atoms with Crippen molar-refractivity contribution in [3.8, 4) is 0 Å². The van der Waals surface area contributed by atoms with Crippen LogP contribution in [0.4, 0.5) is 0 Å². The Hall–Kier alpha value is -1.39. The molecule has 3 rings (SSSR count). The van der Waals surface area contributed by atoms with Crippen molar-refractivity contribution in [1.82, 2.24) is 14.3 Å². The minimum Gasteiger partial charge on any atom is -0.330 e. The number of aryl methyl sites for hydroxylation is 1. The summed E-state index contributed by atoms with van der Waals surface area (Å²) in [5.74, 6) is -0.258. The Morgan fingerprint density at radius 2 is 2.04 bits per heavy atom. The van der Waals surface area contributed by atoms with Crippen LogP contribution < -0.4 is 4.72 Å². The van der Waals surface area contributed by atoms with Gasteiger partial charge in [-0.05, 0) is 52.7 Å². The molecule has 3 aromatic rings. The van der Waals surface area contributed by atoms with Gasteiger partial charge in [0.05, 0.1) is 10.3 Å². The van der Waals surface area contributed by atoms with E-state index in [-0.39, 0.29) is 9.90 Å². The van der Waals surface area contributed by atoms with Crippen molar-refractivity contribution < 1.29 is 13.2 Å². The van der Waals surface area contributed by atoms with Crippen LogP contribution in [0.2, 0.25) is 10.0 Å². The van der Waals surface area contributed by atoms with Crippen LogP contribution in [0.3, 0.4) is 0 Å². The molecule has 6 nitrogen and oxygen atoms in total. The van der Waals surface area contributed by atoms with E-state index < -0.39 is 15.9 Å². The molecule has 0 bridgehead atoms. The largest absolute Gasteiger partial charge is 0.330 e. The van der Waals surface area contributed by atoms with Crippen molar-refractivity contribution in [2.75, 3.05) is 0 Å². The Balaban J connectivity index is 1.80. The van der Waals surface area contributed by atoms with E-state index in [0.29, 0.717) is 26.2 Å². The van der Waals surface area contributed by atoms with Gasteiger partial charge < -0.3 is 4.57 Å². The van der Waals surface area contributed by atoms with Crippen LogP contribution in [0, 0.1) is 6.92 Å². The highest BCUT2D eigenvalue weighted by Gasteiger charge is 2.22. The molecule has 0 fully saturated rings. The van der Waals surface area contributed by atoms with Gasteiger partial charge in [0, 0.05) is 16.2 Å². The first-order chi connectivity index (χ1) is 12.7. The summed E-state index contributed by atoms with van der Waals surface area (Å²) in [5, 5.41) is 1.02. The monoisotopic (exact) mass is 507 g/mol. The van der Waals surface area contributed by atoms with Crippen molar-refractivity contribution in [2.24, 2.45) is 0 Å². The maximum atomic E-state index is 12.4. The SMILES string of the molecule is Cc1nc(C(=O)NS(=O)(=O)c2ccc(Br)s2)cn1Cc1ccc(Cl)cc1Cl. The molecule has 0 saturated heterocycles. The van der Waals surface area contributed by atoms with Crippen LogP contribution in [0.1, 0.15) is 21.9 Å². The van der Waals surface area contributed by atoms with E-state index in [1.807, 2.05) is 4.72 Å². The van der Waals surface area contributed by atoms with Gasteiger partial charge in [0.1, 0.15) is 15.7 Å². The molecule has 0 unspecified atom stereocenters. The maximum absolute atomic E-state index is 12.4. The smallest absolute Gasteiger partial charge is 0.285 e. The van der Waals surface area contributed by atoms with Gasteiger partial charge in [-0.3, -0.25) is 4.79 Å². The standard InChI is InChI=1S/C16H12BrCl2N3O3S2/c1-9-20-13(8-22(9)7-10-2-3-11(18)6-12(10)19)16(23)21-27(24,25)15-5-4-14(17)26-15/h2-6,8H,7H2,1H3,(H,21,23). The van der Waals surface area contributed by atoms with Gasteiger partial charge in [-0.15, -0.1) is 11.3 Å². The fourth-order valence-corrected chi connectivity index (χ4v) is 5.72. The number of aromatic nitrogens is 2. The Labute approximate surface area is 178 Å². The number of amides is 1. The Bertz CT molecular complexity index is 1130. The third kappa shape index (κ3) is 4.72. The highest BCUT2D eigenvalue weighted by molar-refractivity contribution is 9.11. The van der Waals surface area contributed by atoms with Gasteiger partial charge in [0.2, 0.25) is 0 Å². The van der Waals surface area contributed by atoms with Gasteiger partial charge in [-0.2, -0.15) is 0 Å². The molecule has 27 heavy (non-hydrogen) atoms. The van der Waals surface area contributed by atoms with Crippen molar-refractivity contribution in [3.63, 3.8) is 0 Å². The number of halogens is 3. The quantitative estimate of drug-likeness (QED) is 0.550. The number of carbonyl (C=O) groups is 1. The van der Waals surface area contributed by atoms with Crippen molar-refractivity contribution in [1.29, 1.82) is 0 Å². The molecule has 2 aromatic heterocycles. The van der Waals surface area contributed by atoms with E-state index in [9.17, 15) is 13.2 Å². The second-order valence-electron chi connectivity index (χ2n) is 5.53. The molecule has 0 saturated carbocycles. The first-order valence-corrected chi connectivity index (χ1v) is 11.3. The van der Waals surface area contributed by atoms with Crippen LogP contribution in [0.25, 0.3) is 0 Å². The minimum absolute atomic E-state index is 0.00298. The molecule has 142 valence electrons. The Kier molecular flexibility index (Phi) is 5.97. The summed E-state index contributed by atoms with van der Waals surface area (Å²) in [5.41, 5.74) is 0.793. The lowest BCUT2D eigenvalue weighted by Crippen LogP contribution is -2.30. The lowest BCUT2D eigenvalue weighted by molar-refractivity contribution is 0.0977. The van der Waals surface area contributed by atoms with E-state index in [0.717, 1.165) is 16.9 Å². The Morgan fingerprint density at radius 1 is 1.30 bits per heavy atom. The molecule has 2 heterocycles. The second kappa shape index (κ2) is 7.92. The third-order valence-electron chi connectivity index (χ3n) is 3.60. The zero-order valence-corrected chi connectivity index (χ0v) is 18.5. The van der Waals surface area contributed by atoms with Crippen LogP contribution in [-0.4, -0.2) is 23.9 Å². The van der Waals surface area contributed by atoms with Crippen molar-refractivity contribution in [3.05, 3.63) is 67.4 Å². The predicted molar refractivity (Wildman–Crippen MR) is 109 cm³/mol. The number of rotatable bonds is 5. The second-order valence-corrected chi connectivity index (χ2v) is 10.7. The number of sulfonamides is 1. The fraction of sp³-hybridized carbons (Fsp3) is 0.125. The number of nitrogens with one attached hydrogen (secondary N) is 1. The molecule has 0 radical (unpaired) electrons. The molecule has 0 atom stereocenters. The average Bonchev–Trinajstić information content (AvgIpc) is 3.17. The summed E-state index contributed by atoms with van der Waals surface area (Å²) in [4.78, 5) is 16.5. The molecule has 0 aliphatic carbocycles. The lowest BCUT2D eigenvalue weighted by atomic mass is 10.2. The van der Waals surface area contributed by atoms with Crippen LogP contribution in [0.5, 0.6) is 0 Å². The summed E-state index contributed by atoms with van der Waals surface area (Å²) in [6.07, 6.45) is 1.48. The average molecular weight is 509 g/mol. The van der Waals surface area contributed by atoms with Gasteiger partial charge in [-0.25, -0.2) is 18.1 Å². The highest BCUT2D eigenvalue weighted by Crippen LogP contribution is 2.26. The predicted octanol–water partition coefficient (Wildman–Crippen LogP) is 4.49. The number of carbonyl (C=O) groups excluding carboxylic acids is 1. The molecule has 1 aromatic carbocycles. The highest BCUT2D eigenvalue weighted by atomic mass is 79.9. The van der Waals surface area contributed by atoms with Crippen LogP contribution in [-0.2, 0) is 16.6 Å². The Morgan fingerprint density at radius 3 is 2.67 bits per heavy atom. The summed E-state index contributed by atoms with van der Waals surface area (Å²) in [6, 6.07) is 8.14. The number of thiophene rings is 1. The number of imidazole rings is 1. The third-order valence-corrected chi connectivity index (χ3v) is 7.64. The topological polar surface area (TPSA) is 81.1 Å². The normalized spacial score (nSPS) is 11.6. The van der Waals surface area contributed by atoms with Crippen molar-refractivity contribution in [2.45, 2.75) is 17.7 Å². The maximum Gasteiger partial charge on any atom is 0.285 e. The van der Waals surface area contributed by atoms with E-state index in [4.69, 9.17) is 23.2 Å². The van der Waals surface area contributed by atoms with Gasteiger partial charge in [-0.1, -0.05) is 29.3 Å². The summed E-state index contributed by atoms with van der Waals surface area (Å²) in [6.45, 7) is 2.08. The van der Waals surface area contributed by atoms with Gasteiger partial charge >= 0.3 is 0 Å². The van der Waals surface area contributed by atoms with Gasteiger partial charge in [0.15, 0.2) is 0 Å². The molecular weight excluding hydrogens is 497 g/mol. The molecule has 0 aliphatic heterocycles. The van der Waals surface area contributed by atoms with E-state index in [2.05, 4.69) is 20.9 Å². The minimum atomic E-state index is -3.96. The number of hydrogen-bond acceptors (Lipinski definition) is 5. The van der Waals surface area contributed by atoms with Crippen LogP contribution in [0.15, 0.2) is 44.5 Å². The van der Waals surface area contributed by atoms with E-state index in [1.165, 1.54) is 12.3 Å². The van der Waals surface area contributed by atoms with E-state index >= 15 is 0 Å². The van der Waals surface area contributed by atoms with E-state index in [1.54, 1.807) is 35.8 Å². The molecule has 1 amide bonds. The van der Waals surface area contributed by atoms with Crippen LogP contribution >= 0.6 is 50.5 Å². The fourth-order valence-electron chi connectivity index (χ4n) is 2.28. The molecular formula is C16H12BrCl2N3O3S2. The van der Waals surface area contributed by atoms with Crippen molar-refractivity contribution >= 4 is 66.4 Å². The zero-order chi connectivity index (χ0) is 19.8. The first-order valence-electron chi connectivity index (χ1n) is 7.46. The number of hydrogen-bond donors (Lipinski definition) is 1. The summed E-state index contributed by atoms with van der Waals surface area (Å²) >= 11 is 16.3. The molecule has 0 aliphatic rings. The zero-order valence-electron chi connectivity index (χ0n) is 13.7. The summed E-state index contributed by atoms with van der Waals surface area (Å²) in [7, 11) is -3.96. The van der Waals surface area contributed by atoms with Gasteiger partial charge in [0.25, 0.3) is 15.9 Å². The molecule has 1 N–H and O–H groups in total. The number of benzene rings is 1.